The minimum absolute atomic E-state index is 0.166. The number of nitrogens with zero attached hydrogens (tertiary/aromatic N) is 1. The van der Waals surface area contributed by atoms with E-state index in [0.717, 1.165) is 19.4 Å². The van der Waals surface area contributed by atoms with Crippen LogP contribution in [-0.2, 0) is 9.53 Å². The Labute approximate surface area is 104 Å². The lowest BCUT2D eigenvalue weighted by Gasteiger charge is -2.18. The Kier molecular flexibility index (Phi) is 5.92. The molecule has 0 aliphatic carbocycles. The van der Waals surface area contributed by atoms with Crippen LogP contribution < -0.4 is 5.73 Å². The zero-order chi connectivity index (χ0) is 12.8. The Hall–Kier alpha value is -0.610. The molecule has 1 amide bonds. The highest BCUT2D eigenvalue weighted by Crippen LogP contribution is 2.10. The summed E-state index contributed by atoms with van der Waals surface area (Å²) in [6, 6.07) is 0.166. The van der Waals surface area contributed by atoms with Gasteiger partial charge >= 0.3 is 0 Å². The molecule has 2 atom stereocenters. The van der Waals surface area contributed by atoms with Crippen molar-refractivity contribution in [1.29, 1.82) is 0 Å². The van der Waals surface area contributed by atoms with E-state index in [-0.39, 0.29) is 18.1 Å². The summed E-state index contributed by atoms with van der Waals surface area (Å²) in [5.41, 5.74) is 5.77. The van der Waals surface area contributed by atoms with Gasteiger partial charge in [0.25, 0.3) is 0 Å². The van der Waals surface area contributed by atoms with Gasteiger partial charge in [-0.15, -0.1) is 0 Å². The Balaban J connectivity index is 2.12. The fraction of sp³-hybridized carbons (Fsp3) is 0.923. The van der Waals surface area contributed by atoms with Crippen LogP contribution in [0.4, 0.5) is 0 Å². The lowest BCUT2D eigenvalue weighted by atomic mass is 10.1. The maximum absolute atomic E-state index is 11.8. The van der Waals surface area contributed by atoms with Gasteiger partial charge in [-0.1, -0.05) is 13.8 Å². The minimum atomic E-state index is 0.166. The van der Waals surface area contributed by atoms with E-state index in [1.54, 1.807) is 0 Å². The quantitative estimate of drug-likeness (QED) is 0.765. The molecule has 0 radical (unpaired) electrons. The first kappa shape index (κ1) is 14.5. The summed E-state index contributed by atoms with van der Waals surface area (Å²) in [6.07, 6.45) is 2.69. The second-order valence-corrected chi connectivity index (χ2v) is 5.45. The van der Waals surface area contributed by atoms with E-state index >= 15 is 0 Å². The third-order valence-corrected chi connectivity index (χ3v) is 3.10. The molecule has 1 saturated heterocycles. The molecule has 100 valence electrons. The largest absolute Gasteiger partial charge is 0.378 e. The summed E-state index contributed by atoms with van der Waals surface area (Å²) in [5, 5.41) is 0. The third-order valence-electron chi connectivity index (χ3n) is 3.10. The van der Waals surface area contributed by atoms with Crippen LogP contribution in [0.2, 0.25) is 0 Å². The zero-order valence-electron chi connectivity index (χ0n) is 11.3. The lowest BCUT2D eigenvalue weighted by molar-refractivity contribution is -0.131. The van der Waals surface area contributed by atoms with Gasteiger partial charge in [0, 0.05) is 19.1 Å². The highest BCUT2D eigenvalue weighted by molar-refractivity contribution is 5.76. The number of carbonyl (C=O) groups excluding carboxylic acids is 1. The van der Waals surface area contributed by atoms with E-state index in [4.69, 9.17) is 10.5 Å². The maximum Gasteiger partial charge on any atom is 0.224 e. The fourth-order valence-electron chi connectivity index (χ4n) is 2.25. The Bertz CT molecular complexity index is 244. The average molecular weight is 242 g/mol. The number of likely N-dealkylation sites (tertiary alicyclic amines) is 1. The summed E-state index contributed by atoms with van der Waals surface area (Å²) in [5.74, 6) is 0.812. The number of hydrogen-bond donors (Lipinski definition) is 1. The van der Waals surface area contributed by atoms with Crippen molar-refractivity contribution < 1.29 is 9.53 Å². The first-order chi connectivity index (χ1) is 7.99. The molecule has 1 heterocycles. The van der Waals surface area contributed by atoms with Crippen LogP contribution >= 0.6 is 0 Å². The van der Waals surface area contributed by atoms with E-state index < -0.39 is 0 Å². The van der Waals surface area contributed by atoms with E-state index in [0.29, 0.717) is 25.5 Å². The molecule has 1 aliphatic rings. The summed E-state index contributed by atoms with van der Waals surface area (Å²) < 4.78 is 5.63. The highest BCUT2D eigenvalue weighted by Gasteiger charge is 2.23. The smallest absolute Gasteiger partial charge is 0.224 e. The number of rotatable bonds is 6. The molecule has 1 rings (SSSR count). The van der Waals surface area contributed by atoms with Crippen molar-refractivity contribution in [3.8, 4) is 0 Å². The van der Waals surface area contributed by atoms with Gasteiger partial charge in [0.15, 0.2) is 0 Å². The molecule has 4 nitrogen and oxygen atoms in total. The molecule has 0 aromatic rings. The Morgan fingerprint density at radius 3 is 2.71 bits per heavy atom. The fourth-order valence-corrected chi connectivity index (χ4v) is 2.25. The van der Waals surface area contributed by atoms with Crippen molar-refractivity contribution >= 4 is 5.91 Å². The number of nitrogens with two attached hydrogens (primary N) is 1. The topological polar surface area (TPSA) is 55.6 Å². The van der Waals surface area contributed by atoms with Crippen LogP contribution in [0.3, 0.4) is 0 Å². The number of hydrogen-bond acceptors (Lipinski definition) is 3. The Morgan fingerprint density at radius 1 is 1.47 bits per heavy atom. The van der Waals surface area contributed by atoms with Crippen molar-refractivity contribution in [2.75, 3.05) is 19.7 Å². The molecule has 1 fully saturated rings. The molecule has 17 heavy (non-hydrogen) atoms. The molecule has 2 N–H and O–H groups in total. The summed E-state index contributed by atoms with van der Waals surface area (Å²) >= 11 is 0. The van der Waals surface area contributed by atoms with Crippen LogP contribution in [0.5, 0.6) is 0 Å². The van der Waals surface area contributed by atoms with Crippen LogP contribution in [0, 0.1) is 5.92 Å². The summed E-state index contributed by atoms with van der Waals surface area (Å²) in [4.78, 5) is 13.6. The number of amides is 1. The van der Waals surface area contributed by atoms with Crippen molar-refractivity contribution in [3.05, 3.63) is 0 Å². The van der Waals surface area contributed by atoms with E-state index in [1.807, 2.05) is 4.90 Å². The first-order valence-electron chi connectivity index (χ1n) is 6.64. The van der Waals surface area contributed by atoms with E-state index in [9.17, 15) is 4.79 Å². The standard InChI is InChI=1S/C13H26N2O2/c1-10(2)8-11(3)17-7-5-13(16)15-6-4-12(14)9-15/h10-12H,4-9,14H2,1-3H3/t11?,12-/m1/s1. The third kappa shape index (κ3) is 5.50. The van der Waals surface area contributed by atoms with Gasteiger partial charge in [0.1, 0.15) is 0 Å². The van der Waals surface area contributed by atoms with Gasteiger partial charge in [-0.05, 0) is 25.7 Å². The normalized spacial score (nSPS) is 22.2. The summed E-state index contributed by atoms with van der Waals surface area (Å²) in [6.45, 7) is 8.46. The number of carbonyl (C=O) groups is 1. The van der Waals surface area contributed by atoms with Gasteiger partial charge in [-0.25, -0.2) is 0 Å². The predicted molar refractivity (Wildman–Crippen MR) is 68.7 cm³/mol. The van der Waals surface area contributed by atoms with Crippen molar-refractivity contribution in [3.63, 3.8) is 0 Å². The molecule has 4 heteroatoms. The Morgan fingerprint density at radius 2 is 2.18 bits per heavy atom. The molecular weight excluding hydrogens is 216 g/mol. The monoisotopic (exact) mass is 242 g/mol. The van der Waals surface area contributed by atoms with Crippen molar-refractivity contribution in [2.24, 2.45) is 11.7 Å². The van der Waals surface area contributed by atoms with E-state index in [2.05, 4.69) is 20.8 Å². The minimum Gasteiger partial charge on any atom is -0.378 e. The van der Waals surface area contributed by atoms with E-state index in [1.165, 1.54) is 0 Å². The van der Waals surface area contributed by atoms with Crippen LogP contribution in [0.25, 0.3) is 0 Å². The molecular formula is C13H26N2O2. The van der Waals surface area contributed by atoms with Crippen molar-refractivity contribution in [1.82, 2.24) is 4.90 Å². The molecule has 1 aliphatic heterocycles. The second-order valence-electron chi connectivity index (χ2n) is 5.45. The van der Waals surface area contributed by atoms with Gasteiger partial charge in [-0.2, -0.15) is 0 Å². The van der Waals surface area contributed by atoms with Crippen LogP contribution in [0.15, 0.2) is 0 Å². The van der Waals surface area contributed by atoms with Gasteiger partial charge in [0.05, 0.1) is 19.1 Å². The van der Waals surface area contributed by atoms with Crippen LogP contribution in [0.1, 0.15) is 40.0 Å². The predicted octanol–water partition coefficient (Wildman–Crippen LogP) is 1.39. The maximum atomic E-state index is 11.8. The average Bonchev–Trinajstić information content (AvgIpc) is 2.63. The van der Waals surface area contributed by atoms with Crippen LogP contribution in [-0.4, -0.2) is 42.6 Å². The zero-order valence-corrected chi connectivity index (χ0v) is 11.3. The molecule has 0 bridgehead atoms. The van der Waals surface area contributed by atoms with Gasteiger partial charge < -0.3 is 15.4 Å². The second kappa shape index (κ2) is 6.97. The summed E-state index contributed by atoms with van der Waals surface area (Å²) in [7, 11) is 0. The van der Waals surface area contributed by atoms with Crippen molar-refractivity contribution in [2.45, 2.75) is 52.2 Å². The molecule has 0 spiro atoms. The van der Waals surface area contributed by atoms with Gasteiger partial charge in [-0.3, -0.25) is 4.79 Å². The molecule has 1 unspecified atom stereocenters. The first-order valence-corrected chi connectivity index (χ1v) is 6.64. The lowest BCUT2D eigenvalue weighted by Crippen LogP contribution is -2.32. The number of ether oxygens (including phenoxy) is 1. The van der Waals surface area contributed by atoms with Gasteiger partial charge in [0.2, 0.25) is 5.91 Å². The molecule has 0 aromatic carbocycles. The molecule has 0 aromatic heterocycles. The molecule has 0 saturated carbocycles. The SMILES string of the molecule is CC(C)CC(C)OCCC(=O)N1CC[C@@H](N)C1. The highest BCUT2D eigenvalue weighted by atomic mass is 16.5.